The van der Waals surface area contributed by atoms with Crippen LogP contribution in [0.2, 0.25) is 6.04 Å². The first kappa shape index (κ1) is 18.7. The van der Waals surface area contributed by atoms with Gasteiger partial charge in [0.15, 0.2) is 5.75 Å². The van der Waals surface area contributed by atoms with Crippen LogP contribution in [0.4, 0.5) is 26.3 Å². The maximum Gasteiger partial charge on any atom is 0.463 e. The van der Waals surface area contributed by atoms with E-state index in [-0.39, 0.29) is 6.07 Å². The molecule has 0 aliphatic heterocycles. The molecule has 0 heterocycles. The number of alkyl halides is 6. The van der Waals surface area contributed by atoms with Crippen LogP contribution in [0.15, 0.2) is 18.2 Å². The zero-order valence-corrected chi connectivity index (χ0v) is 15.1. The van der Waals surface area contributed by atoms with E-state index in [1.54, 1.807) is 0 Å². The lowest BCUT2D eigenvalue weighted by Gasteiger charge is -2.12. The van der Waals surface area contributed by atoms with Gasteiger partial charge in [0, 0.05) is 16.0 Å². The van der Waals surface area contributed by atoms with Crippen molar-refractivity contribution < 1.29 is 30.9 Å². The minimum Gasteiger partial charge on any atom is -0.265 e. The van der Waals surface area contributed by atoms with Gasteiger partial charge in [0.1, 0.15) is 11.4 Å². The van der Waals surface area contributed by atoms with E-state index in [4.69, 9.17) is 16.3 Å². The summed E-state index contributed by atoms with van der Waals surface area (Å²) in [4.78, 5) is 0. The normalized spacial score (nSPS) is 13.3. The molecule has 1 unspecified atom stereocenters. The fourth-order valence-corrected chi connectivity index (χ4v) is 5.90. The lowest BCUT2D eigenvalue weighted by atomic mass is 10.1. The largest absolute Gasteiger partial charge is 0.463 e. The summed E-state index contributed by atoms with van der Waals surface area (Å²) in [5, 5.41) is 0. The minimum absolute atomic E-state index is 0.0588. The summed E-state index contributed by atoms with van der Waals surface area (Å²) in [6, 6.07) is 2.05. The van der Waals surface area contributed by atoms with Crippen LogP contribution in [-0.2, 0) is 24.2 Å². The van der Waals surface area contributed by atoms with E-state index in [2.05, 4.69) is 0 Å². The molecular weight excluding hydrogens is 373 g/mol. The predicted octanol–water partition coefficient (Wildman–Crippen LogP) is 4.39. The molecule has 0 saturated heterocycles. The second kappa shape index (κ2) is 7.30. The third kappa shape index (κ3) is 6.13. The maximum atomic E-state index is 12.6. The second-order valence-corrected chi connectivity index (χ2v) is 9.64. The minimum atomic E-state index is -4.88. The van der Waals surface area contributed by atoms with Gasteiger partial charge in [-0.1, -0.05) is 6.04 Å². The molecule has 1 rings (SSSR count). The smallest absolute Gasteiger partial charge is 0.265 e. The first-order chi connectivity index (χ1) is 9.54. The average molecular weight is 383 g/mol. The van der Waals surface area contributed by atoms with Crippen LogP contribution >= 0.6 is 17.5 Å². The zero-order chi connectivity index (χ0) is 16.3. The highest BCUT2D eigenvalue weighted by Gasteiger charge is 2.38. The van der Waals surface area contributed by atoms with Crippen LogP contribution in [0, 0.1) is 0 Å². The monoisotopic (exact) mass is 383 g/mol. The van der Waals surface area contributed by atoms with E-state index in [1.165, 1.54) is 11.4 Å². The van der Waals surface area contributed by atoms with Gasteiger partial charge in [-0.15, -0.1) is 0 Å². The highest BCUT2D eigenvalue weighted by Crippen LogP contribution is 2.44. The Labute approximate surface area is 130 Å². The fraction of sp³-hybridized carbons (Fsp3) is 0.400. The summed E-state index contributed by atoms with van der Waals surface area (Å²) in [5.74, 6) is 0.186. The van der Waals surface area contributed by atoms with Crippen molar-refractivity contribution in [2.75, 3.05) is 5.75 Å². The Morgan fingerprint density at radius 2 is 1.52 bits per heavy atom. The molecular formula is C10H10F6OPS2Si+. The van der Waals surface area contributed by atoms with Crippen molar-refractivity contribution in [1.29, 1.82) is 0 Å². The zero-order valence-electron chi connectivity index (χ0n) is 10.6. The van der Waals surface area contributed by atoms with Crippen molar-refractivity contribution in [2.45, 2.75) is 18.4 Å². The Balaban J connectivity index is 3.11. The quantitative estimate of drug-likeness (QED) is 0.424. The number of benzene rings is 1. The summed E-state index contributed by atoms with van der Waals surface area (Å²) in [6.45, 7) is 0. The van der Waals surface area contributed by atoms with Gasteiger partial charge in [-0.3, -0.25) is 4.52 Å². The van der Waals surface area contributed by atoms with E-state index in [0.717, 1.165) is 16.3 Å². The molecule has 0 aliphatic rings. The van der Waals surface area contributed by atoms with Gasteiger partial charge in [0.2, 0.25) is 11.8 Å². The van der Waals surface area contributed by atoms with Gasteiger partial charge >= 0.3 is 18.5 Å². The average Bonchev–Trinajstić information content (AvgIpc) is 2.34. The topological polar surface area (TPSA) is 9.23 Å². The molecule has 1 aromatic carbocycles. The SMILES string of the molecule is FC(F)(F)c1cc(O[P+](=S)SCC[SiH3])cc(C(F)(F)F)c1. The Bertz CT molecular complexity index is 487. The number of hydrogen-bond acceptors (Lipinski definition) is 3. The lowest BCUT2D eigenvalue weighted by molar-refractivity contribution is -0.143. The third-order valence-electron chi connectivity index (χ3n) is 2.14. The molecule has 0 saturated carbocycles. The number of rotatable bonds is 5. The third-order valence-corrected chi connectivity index (χ3v) is 7.10. The fourth-order valence-electron chi connectivity index (χ4n) is 1.26. The van der Waals surface area contributed by atoms with Gasteiger partial charge < -0.3 is 0 Å². The summed E-state index contributed by atoms with van der Waals surface area (Å²) in [5.41, 5.74) is -2.81. The van der Waals surface area contributed by atoms with Gasteiger partial charge in [0.25, 0.3) is 0 Å². The van der Waals surface area contributed by atoms with Crippen molar-refractivity contribution in [3.8, 4) is 5.75 Å². The standard InChI is InChI=1S/C10H10F6OPS2Si/c11-9(12,13)6-3-7(10(14,15)16)5-8(4-6)17-18(19)20-1-2-21/h3-5H,1-2H2,21H3/q+1. The van der Waals surface area contributed by atoms with Gasteiger partial charge in [-0.25, -0.2) is 0 Å². The Morgan fingerprint density at radius 3 is 1.90 bits per heavy atom. The molecule has 0 spiro atoms. The van der Waals surface area contributed by atoms with Gasteiger partial charge in [-0.05, 0) is 18.2 Å². The highest BCUT2D eigenvalue weighted by molar-refractivity contribution is 8.62. The van der Waals surface area contributed by atoms with Crippen LogP contribution < -0.4 is 4.52 Å². The molecule has 0 aliphatic carbocycles. The van der Waals surface area contributed by atoms with E-state index in [9.17, 15) is 26.3 Å². The van der Waals surface area contributed by atoms with E-state index in [1.807, 2.05) is 0 Å². The summed E-state index contributed by atoms with van der Waals surface area (Å²) in [6.07, 6.45) is -11.3. The number of halogens is 6. The van der Waals surface area contributed by atoms with Crippen LogP contribution in [0.25, 0.3) is 0 Å². The van der Waals surface area contributed by atoms with Crippen molar-refractivity contribution >= 4 is 39.6 Å². The predicted molar refractivity (Wildman–Crippen MR) is 78.6 cm³/mol. The molecule has 0 fully saturated rings. The first-order valence-electron chi connectivity index (χ1n) is 5.61. The molecule has 1 nitrogen and oxygen atoms in total. The van der Waals surface area contributed by atoms with E-state index in [0.29, 0.717) is 17.9 Å². The van der Waals surface area contributed by atoms with Crippen molar-refractivity contribution in [2.24, 2.45) is 0 Å². The number of hydrogen-bond donors (Lipinski definition) is 0. The first-order valence-corrected chi connectivity index (χ1v) is 10.9. The molecule has 21 heavy (non-hydrogen) atoms. The van der Waals surface area contributed by atoms with Crippen LogP contribution in [0.3, 0.4) is 0 Å². The maximum absolute atomic E-state index is 12.6. The van der Waals surface area contributed by atoms with Crippen molar-refractivity contribution in [1.82, 2.24) is 0 Å². The van der Waals surface area contributed by atoms with Crippen LogP contribution in [0.1, 0.15) is 11.1 Å². The lowest BCUT2D eigenvalue weighted by Crippen LogP contribution is -2.10. The molecule has 0 N–H and O–H groups in total. The van der Waals surface area contributed by atoms with E-state index < -0.39 is 35.4 Å². The Kier molecular flexibility index (Phi) is 6.51. The second-order valence-electron chi connectivity index (χ2n) is 3.89. The van der Waals surface area contributed by atoms with Gasteiger partial charge in [-0.2, -0.15) is 26.3 Å². The highest BCUT2D eigenvalue weighted by atomic mass is 32.9. The molecule has 0 bridgehead atoms. The Hall–Kier alpha value is -0.313. The molecule has 11 heteroatoms. The molecule has 118 valence electrons. The van der Waals surface area contributed by atoms with Crippen molar-refractivity contribution in [3.63, 3.8) is 0 Å². The molecule has 0 radical (unpaired) electrons. The molecule has 1 atom stereocenters. The summed E-state index contributed by atoms with van der Waals surface area (Å²) < 4.78 is 80.8. The van der Waals surface area contributed by atoms with Crippen LogP contribution in [-0.4, -0.2) is 16.0 Å². The molecule has 0 aromatic heterocycles. The van der Waals surface area contributed by atoms with Gasteiger partial charge in [0.05, 0.1) is 11.1 Å². The Morgan fingerprint density at radius 1 is 1.05 bits per heavy atom. The summed E-state index contributed by atoms with van der Waals surface area (Å²) >= 11 is 6.14. The van der Waals surface area contributed by atoms with E-state index >= 15 is 0 Å². The molecule has 1 aromatic rings. The summed E-state index contributed by atoms with van der Waals surface area (Å²) in [7, 11) is 0.942. The van der Waals surface area contributed by atoms with Crippen molar-refractivity contribution in [3.05, 3.63) is 29.3 Å². The van der Waals surface area contributed by atoms with Crippen LogP contribution in [0.5, 0.6) is 5.75 Å². The molecule has 0 amide bonds.